The Morgan fingerprint density at radius 1 is 1.10 bits per heavy atom. The third-order valence-electron chi connectivity index (χ3n) is 2.66. The fourth-order valence-electron chi connectivity index (χ4n) is 1.62. The van der Waals surface area contributed by atoms with E-state index in [1.165, 1.54) is 12.1 Å². The minimum Gasteiger partial charge on any atom is -0.454 e. The zero-order valence-corrected chi connectivity index (χ0v) is 12.7. The highest BCUT2D eigenvalue weighted by atomic mass is 35.5. The lowest BCUT2D eigenvalue weighted by Gasteiger charge is -2.11. The first-order valence-electron chi connectivity index (χ1n) is 5.72. The van der Waals surface area contributed by atoms with E-state index in [4.69, 9.17) is 45.3 Å². The van der Waals surface area contributed by atoms with Crippen LogP contribution in [0.5, 0.6) is 11.5 Å². The fraction of sp³-hybridized carbons (Fsp3) is 0.0769. The second kappa shape index (κ2) is 6.49. The van der Waals surface area contributed by atoms with Gasteiger partial charge in [-0.2, -0.15) is 0 Å². The van der Waals surface area contributed by atoms with Crippen molar-refractivity contribution in [2.75, 3.05) is 0 Å². The van der Waals surface area contributed by atoms with Crippen molar-refractivity contribution in [2.24, 2.45) is 5.73 Å². The molecular weight excluding hydrogens is 339 g/mol. The molecule has 0 aliphatic carbocycles. The van der Waals surface area contributed by atoms with Gasteiger partial charge in [-0.25, -0.2) is 0 Å². The average Bonchev–Trinajstić information content (AvgIpc) is 2.42. The topological polar surface area (TPSA) is 78.4 Å². The number of hydrogen-bond donors (Lipinski definition) is 1. The lowest BCUT2D eigenvalue weighted by atomic mass is 10.2. The van der Waals surface area contributed by atoms with Crippen molar-refractivity contribution in [3.05, 3.63) is 61.1 Å². The van der Waals surface area contributed by atoms with E-state index in [1.54, 1.807) is 18.2 Å². The van der Waals surface area contributed by atoms with E-state index in [0.29, 0.717) is 17.3 Å². The molecule has 0 spiro atoms. The largest absolute Gasteiger partial charge is 0.454 e. The number of nitro groups is 1. The number of non-ortho nitro benzene ring substituents is 1. The van der Waals surface area contributed by atoms with E-state index in [2.05, 4.69) is 0 Å². The van der Waals surface area contributed by atoms with Crippen molar-refractivity contribution < 1.29 is 9.66 Å². The van der Waals surface area contributed by atoms with Crippen molar-refractivity contribution in [1.29, 1.82) is 0 Å². The highest BCUT2D eigenvalue weighted by Gasteiger charge is 2.16. The normalized spacial score (nSPS) is 10.5. The molecule has 0 amide bonds. The molecule has 2 rings (SSSR count). The summed E-state index contributed by atoms with van der Waals surface area (Å²) in [6, 6.07) is 7.27. The maximum absolute atomic E-state index is 10.7. The lowest BCUT2D eigenvalue weighted by Crippen LogP contribution is -1.97. The molecule has 0 aliphatic rings. The van der Waals surface area contributed by atoms with Crippen LogP contribution in [0.4, 0.5) is 5.69 Å². The molecule has 0 unspecified atom stereocenters. The summed E-state index contributed by atoms with van der Waals surface area (Å²) in [4.78, 5) is 10.1. The number of halogens is 3. The van der Waals surface area contributed by atoms with Crippen molar-refractivity contribution in [3.63, 3.8) is 0 Å². The van der Waals surface area contributed by atoms with E-state index in [1.807, 2.05) is 0 Å². The van der Waals surface area contributed by atoms with E-state index in [-0.39, 0.29) is 21.5 Å². The molecule has 2 aromatic carbocycles. The van der Waals surface area contributed by atoms with Gasteiger partial charge >= 0.3 is 0 Å². The van der Waals surface area contributed by atoms with Crippen molar-refractivity contribution >= 4 is 40.5 Å². The molecule has 0 saturated heterocycles. The third kappa shape index (κ3) is 3.57. The summed E-state index contributed by atoms with van der Waals surface area (Å²) >= 11 is 17.9. The molecule has 21 heavy (non-hydrogen) atoms. The number of ether oxygens (including phenoxy) is 1. The lowest BCUT2D eigenvalue weighted by molar-refractivity contribution is -0.384. The highest BCUT2D eigenvalue weighted by molar-refractivity contribution is 6.37. The minimum absolute atomic E-state index is 0.0354. The van der Waals surface area contributed by atoms with Crippen molar-refractivity contribution in [2.45, 2.75) is 6.54 Å². The first-order valence-corrected chi connectivity index (χ1v) is 6.85. The molecule has 110 valence electrons. The van der Waals surface area contributed by atoms with E-state index in [0.717, 1.165) is 5.56 Å². The van der Waals surface area contributed by atoms with Gasteiger partial charge in [0, 0.05) is 23.7 Å². The Kier molecular flexibility index (Phi) is 4.90. The van der Waals surface area contributed by atoms with Crippen molar-refractivity contribution in [3.8, 4) is 11.5 Å². The van der Waals surface area contributed by atoms with Gasteiger partial charge in [0.1, 0.15) is 5.75 Å². The Hall–Kier alpha value is -1.53. The number of nitro benzene ring substituents is 1. The molecule has 2 aromatic rings. The van der Waals surface area contributed by atoms with Gasteiger partial charge in [0.05, 0.1) is 15.0 Å². The van der Waals surface area contributed by atoms with Gasteiger partial charge in [-0.15, -0.1) is 0 Å². The highest BCUT2D eigenvalue weighted by Crippen LogP contribution is 2.39. The number of rotatable bonds is 4. The van der Waals surface area contributed by atoms with Gasteiger partial charge in [-0.1, -0.05) is 40.9 Å². The zero-order chi connectivity index (χ0) is 15.6. The Morgan fingerprint density at radius 3 is 2.19 bits per heavy atom. The molecule has 0 aliphatic heterocycles. The monoisotopic (exact) mass is 346 g/mol. The van der Waals surface area contributed by atoms with Gasteiger partial charge in [0.25, 0.3) is 5.69 Å². The second-order valence-corrected chi connectivity index (χ2v) is 5.28. The summed E-state index contributed by atoms with van der Waals surface area (Å²) in [6.07, 6.45) is 0. The Balaban J connectivity index is 2.35. The van der Waals surface area contributed by atoms with E-state index < -0.39 is 4.92 Å². The summed E-state index contributed by atoms with van der Waals surface area (Å²) in [5, 5.41) is 11.2. The molecule has 0 bridgehead atoms. The molecule has 2 N–H and O–H groups in total. The van der Waals surface area contributed by atoms with Crippen LogP contribution in [0, 0.1) is 10.1 Å². The second-order valence-electron chi connectivity index (χ2n) is 4.06. The predicted molar refractivity (Wildman–Crippen MR) is 82.5 cm³/mol. The SMILES string of the molecule is NCc1ccc(Oc2c(Cl)cc([N+](=O)[O-])cc2Cl)cc1Cl. The zero-order valence-electron chi connectivity index (χ0n) is 10.5. The molecule has 0 radical (unpaired) electrons. The van der Waals surface area contributed by atoms with Crippen LogP contribution in [-0.4, -0.2) is 4.92 Å². The van der Waals surface area contributed by atoms with Gasteiger partial charge in [0.2, 0.25) is 0 Å². The summed E-state index contributed by atoms with van der Waals surface area (Å²) in [6.45, 7) is 0.304. The summed E-state index contributed by atoms with van der Waals surface area (Å²) in [5.74, 6) is 0.523. The average molecular weight is 348 g/mol. The Morgan fingerprint density at radius 2 is 1.71 bits per heavy atom. The Labute approximate surface area is 135 Å². The van der Waals surface area contributed by atoms with Crippen LogP contribution in [0.15, 0.2) is 30.3 Å². The van der Waals surface area contributed by atoms with Crippen LogP contribution >= 0.6 is 34.8 Å². The molecule has 0 saturated carbocycles. The van der Waals surface area contributed by atoms with Crippen LogP contribution in [0.2, 0.25) is 15.1 Å². The van der Waals surface area contributed by atoms with E-state index >= 15 is 0 Å². The van der Waals surface area contributed by atoms with E-state index in [9.17, 15) is 10.1 Å². The first kappa shape index (κ1) is 15.9. The fourth-order valence-corrected chi connectivity index (χ4v) is 2.42. The maximum Gasteiger partial charge on any atom is 0.272 e. The van der Waals surface area contributed by atoms with Gasteiger partial charge in [-0.3, -0.25) is 10.1 Å². The molecule has 8 heteroatoms. The first-order chi connectivity index (χ1) is 9.92. The van der Waals surface area contributed by atoms with Crippen LogP contribution in [0.25, 0.3) is 0 Å². The Bertz CT molecular complexity index is 684. The summed E-state index contributed by atoms with van der Waals surface area (Å²) in [5.41, 5.74) is 6.07. The van der Waals surface area contributed by atoms with Crippen molar-refractivity contribution in [1.82, 2.24) is 0 Å². The number of benzene rings is 2. The summed E-state index contributed by atoms with van der Waals surface area (Å²) < 4.78 is 5.54. The van der Waals surface area contributed by atoms with Gasteiger partial charge < -0.3 is 10.5 Å². The maximum atomic E-state index is 10.7. The third-order valence-corrected chi connectivity index (χ3v) is 3.57. The smallest absolute Gasteiger partial charge is 0.272 e. The number of nitrogens with zero attached hydrogens (tertiary/aromatic N) is 1. The summed E-state index contributed by atoms with van der Waals surface area (Å²) in [7, 11) is 0. The predicted octanol–water partition coefficient (Wildman–Crippen LogP) is 4.81. The van der Waals surface area contributed by atoms with Gasteiger partial charge in [-0.05, 0) is 17.7 Å². The molecular formula is C13H9Cl3N2O3. The molecule has 0 aromatic heterocycles. The number of nitrogens with two attached hydrogens (primary N) is 1. The molecule has 0 heterocycles. The minimum atomic E-state index is -0.589. The standard InChI is InChI=1S/C13H9Cl3N2O3/c14-10-5-9(2-1-7(10)6-17)21-13-11(15)3-8(18(19)20)4-12(13)16/h1-5H,6,17H2. The quantitative estimate of drug-likeness (QED) is 0.636. The van der Waals surface area contributed by atoms with Crippen LogP contribution in [0.3, 0.4) is 0 Å². The molecule has 5 nitrogen and oxygen atoms in total. The van der Waals surface area contributed by atoms with Gasteiger partial charge in [0.15, 0.2) is 5.75 Å². The molecule has 0 atom stereocenters. The van der Waals surface area contributed by atoms with Crippen LogP contribution in [0.1, 0.15) is 5.56 Å². The van der Waals surface area contributed by atoms with Crippen LogP contribution in [-0.2, 0) is 6.54 Å². The molecule has 0 fully saturated rings. The number of hydrogen-bond acceptors (Lipinski definition) is 4. The van der Waals surface area contributed by atoms with Crippen LogP contribution < -0.4 is 10.5 Å².